The topological polar surface area (TPSA) is 66.9 Å². The number of carbonyl (C=O) groups is 1. The van der Waals surface area contributed by atoms with Crippen LogP contribution in [-0.2, 0) is 14.8 Å². The number of benzene rings is 2. The Kier molecular flexibility index (Phi) is 7.52. The monoisotopic (exact) mass is 492 g/mol. The molecule has 0 aromatic heterocycles. The van der Waals surface area contributed by atoms with Crippen molar-refractivity contribution in [3.63, 3.8) is 0 Å². The third-order valence-electron chi connectivity index (χ3n) is 6.67. The summed E-state index contributed by atoms with van der Waals surface area (Å²) in [6, 6.07) is 12.1. The van der Waals surface area contributed by atoms with E-state index in [-0.39, 0.29) is 32.0 Å². The van der Waals surface area contributed by atoms with Crippen LogP contribution in [0.1, 0.15) is 38.5 Å². The largest absolute Gasteiger partial charge is 0.493 e. The molecule has 2 fully saturated rings. The molecule has 2 aromatic rings. The Labute approximate surface area is 199 Å². The van der Waals surface area contributed by atoms with Crippen molar-refractivity contribution < 1.29 is 26.7 Å². The molecule has 2 heterocycles. The van der Waals surface area contributed by atoms with E-state index in [0.29, 0.717) is 31.7 Å². The number of rotatable bonds is 7. The Morgan fingerprint density at radius 1 is 0.912 bits per heavy atom. The molecular weight excluding hydrogens is 462 g/mol. The maximum Gasteiger partial charge on any atom is 0.248 e. The average Bonchev–Trinajstić information content (AvgIpc) is 2.84. The van der Waals surface area contributed by atoms with Crippen molar-refractivity contribution in [3.8, 4) is 5.75 Å². The van der Waals surface area contributed by atoms with Crippen LogP contribution >= 0.6 is 0 Å². The van der Waals surface area contributed by atoms with E-state index in [1.165, 1.54) is 0 Å². The van der Waals surface area contributed by atoms with Crippen molar-refractivity contribution in [1.82, 2.24) is 9.21 Å². The van der Waals surface area contributed by atoms with Gasteiger partial charge in [0.1, 0.15) is 17.4 Å². The number of piperidine rings is 2. The number of hydrogen-bond acceptors (Lipinski definition) is 4. The summed E-state index contributed by atoms with van der Waals surface area (Å²) in [6.45, 7) is 1.59. The molecule has 1 amide bonds. The quantitative estimate of drug-likeness (QED) is 0.581. The van der Waals surface area contributed by atoms with Gasteiger partial charge in [-0.2, -0.15) is 4.31 Å². The van der Waals surface area contributed by atoms with Crippen LogP contribution in [0.4, 0.5) is 8.78 Å². The molecule has 34 heavy (non-hydrogen) atoms. The standard InChI is InChI=1S/C25H30F2N2O4S/c26-21-11-7-12-22(27)24(21)34(31,32)29-16-8-13-25(18-29,19-33-20-9-3-1-4-10-20)17-23(30)28-14-5-2-6-15-28/h1,3-4,7,9-12H,2,5-6,8,13-19H2/t25-/m1/s1. The third-order valence-corrected chi connectivity index (χ3v) is 8.56. The van der Waals surface area contributed by atoms with Crippen molar-refractivity contribution in [2.24, 2.45) is 5.41 Å². The third kappa shape index (κ3) is 5.41. The Hall–Kier alpha value is -2.52. The van der Waals surface area contributed by atoms with Gasteiger partial charge in [-0.3, -0.25) is 4.79 Å². The van der Waals surface area contributed by atoms with Crippen molar-refractivity contribution in [2.75, 3.05) is 32.8 Å². The molecule has 2 saturated heterocycles. The summed E-state index contributed by atoms with van der Waals surface area (Å²) in [6.07, 6.45) is 4.14. The molecule has 0 bridgehead atoms. The van der Waals surface area contributed by atoms with E-state index in [1.807, 2.05) is 23.1 Å². The van der Waals surface area contributed by atoms with Crippen molar-refractivity contribution in [2.45, 2.75) is 43.4 Å². The molecular formula is C25H30F2N2O4S. The predicted octanol–water partition coefficient (Wildman–Crippen LogP) is 4.22. The second-order valence-corrected chi connectivity index (χ2v) is 11.1. The van der Waals surface area contributed by atoms with Gasteiger partial charge in [-0.1, -0.05) is 24.3 Å². The van der Waals surface area contributed by atoms with Gasteiger partial charge in [0.15, 0.2) is 4.90 Å². The first kappa shape index (κ1) is 24.6. The van der Waals surface area contributed by atoms with Crippen molar-refractivity contribution in [1.29, 1.82) is 0 Å². The lowest BCUT2D eigenvalue weighted by Gasteiger charge is -2.42. The van der Waals surface area contributed by atoms with Crippen LogP contribution in [0.3, 0.4) is 0 Å². The number of halogens is 2. The molecule has 1 atom stereocenters. The molecule has 2 aliphatic rings. The summed E-state index contributed by atoms with van der Waals surface area (Å²) in [7, 11) is -4.44. The highest BCUT2D eigenvalue weighted by Crippen LogP contribution is 2.38. The number of sulfonamides is 1. The minimum atomic E-state index is -4.44. The van der Waals surface area contributed by atoms with Crippen LogP contribution in [0, 0.1) is 17.0 Å². The normalized spacial score (nSPS) is 21.9. The molecule has 9 heteroatoms. The Morgan fingerprint density at radius 3 is 2.26 bits per heavy atom. The SMILES string of the molecule is O=C(C[C@]1(COc2ccccc2)CCCN(S(=O)(=O)c2c(F)cccc2F)C1)N1CCCCC1. The lowest BCUT2D eigenvalue weighted by atomic mass is 9.78. The zero-order chi connectivity index (χ0) is 24.2. The highest BCUT2D eigenvalue weighted by Gasteiger charge is 2.44. The Balaban J connectivity index is 1.61. The minimum absolute atomic E-state index is 0.0346. The van der Waals surface area contributed by atoms with Crippen LogP contribution in [-0.4, -0.2) is 56.3 Å². The number of nitrogens with zero attached hydrogens (tertiary/aromatic N) is 2. The highest BCUT2D eigenvalue weighted by atomic mass is 32.2. The van der Waals surface area contributed by atoms with E-state index in [2.05, 4.69) is 0 Å². The molecule has 6 nitrogen and oxygen atoms in total. The van der Waals surface area contributed by atoms with Gasteiger partial charge in [0.25, 0.3) is 0 Å². The van der Waals surface area contributed by atoms with E-state index in [9.17, 15) is 22.0 Å². The van der Waals surface area contributed by atoms with E-state index >= 15 is 0 Å². The van der Waals surface area contributed by atoms with E-state index < -0.39 is 32.0 Å². The summed E-state index contributed by atoms with van der Waals surface area (Å²) in [5.41, 5.74) is -0.808. The molecule has 0 unspecified atom stereocenters. The van der Waals surface area contributed by atoms with E-state index in [0.717, 1.165) is 41.8 Å². The van der Waals surface area contributed by atoms with Gasteiger partial charge in [-0.15, -0.1) is 0 Å². The van der Waals surface area contributed by atoms with Gasteiger partial charge < -0.3 is 9.64 Å². The van der Waals surface area contributed by atoms with E-state index in [4.69, 9.17) is 4.74 Å². The number of amides is 1. The number of para-hydroxylation sites is 1. The summed E-state index contributed by atoms with van der Waals surface area (Å²) < 4.78 is 62.5. The van der Waals surface area contributed by atoms with Gasteiger partial charge in [0, 0.05) is 38.0 Å². The maximum absolute atomic E-state index is 14.4. The molecule has 0 N–H and O–H groups in total. The molecule has 0 aliphatic carbocycles. The van der Waals surface area contributed by atoms with Crippen molar-refractivity contribution >= 4 is 15.9 Å². The first-order valence-electron chi connectivity index (χ1n) is 11.7. The lowest BCUT2D eigenvalue weighted by Crippen LogP contribution is -2.51. The second-order valence-electron chi connectivity index (χ2n) is 9.21. The van der Waals surface area contributed by atoms with Crippen LogP contribution in [0.2, 0.25) is 0 Å². The Bertz CT molecular complexity index is 1090. The molecule has 0 spiro atoms. The van der Waals surface area contributed by atoms with Gasteiger partial charge >= 0.3 is 0 Å². The van der Waals surface area contributed by atoms with Crippen LogP contribution in [0.5, 0.6) is 5.75 Å². The molecule has 0 saturated carbocycles. The van der Waals surface area contributed by atoms with Crippen LogP contribution in [0.25, 0.3) is 0 Å². The van der Waals surface area contributed by atoms with Gasteiger partial charge in [0.2, 0.25) is 15.9 Å². The van der Waals surface area contributed by atoms with Gasteiger partial charge in [-0.05, 0) is 56.4 Å². The molecule has 184 valence electrons. The lowest BCUT2D eigenvalue weighted by molar-refractivity contribution is -0.136. The molecule has 2 aliphatic heterocycles. The number of carbonyl (C=O) groups excluding carboxylic acids is 1. The van der Waals surface area contributed by atoms with Crippen molar-refractivity contribution in [3.05, 3.63) is 60.2 Å². The maximum atomic E-state index is 14.4. The zero-order valence-electron chi connectivity index (χ0n) is 19.1. The fraction of sp³-hybridized carbons (Fsp3) is 0.480. The first-order chi connectivity index (χ1) is 16.3. The predicted molar refractivity (Wildman–Crippen MR) is 124 cm³/mol. The van der Waals surface area contributed by atoms with Crippen LogP contribution in [0.15, 0.2) is 53.4 Å². The fourth-order valence-corrected chi connectivity index (χ4v) is 6.57. The Morgan fingerprint density at radius 2 is 1.59 bits per heavy atom. The number of hydrogen-bond donors (Lipinski definition) is 0. The first-order valence-corrected chi connectivity index (χ1v) is 13.1. The number of likely N-dealkylation sites (tertiary alicyclic amines) is 1. The summed E-state index contributed by atoms with van der Waals surface area (Å²) in [5.74, 6) is -1.66. The molecule has 2 aromatic carbocycles. The van der Waals surface area contributed by atoms with Gasteiger partial charge in [-0.25, -0.2) is 17.2 Å². The highest BCUT2D eigenvalue weighted by molar-refractivity contribution is 7.89. The van der Waals surface area contributed by atoms with Gasteiger partial charge in [0.05, 0.1) is 6.61 Å². The van der Waals surface area contributed by atoms with E-state index in [1.54, 1.807) is 12.1 Å². The summed E-state index contributed by atoms with van der Waals surface area (Å²) in [4.78, 5) is 14.1. The summed E-state index contributed by atoms with van der Waals surface area (Å²) in [5, 5.41) is 0. The number of ether oxygens (including phenoxy) is 1. The fourth-order valence-electron chi connectivity index (χ4n) is 4.87. The zero-order valence-corrected chi connectivity index (χ0v) is 19.9. The summed E-state index contributed by atoms with van der Waals surface area (Å²) >= 11 is 0. The molecule has 0 radical (unpaired) electrons. The minimum Gasteiger partial charge on any atom is -0.493 e. The van der Waals surface area contributed by atoms with Crippen LogP contribution < -0.4 is 4.74 Å². The average molecular weight is 493 g/mol. The second kappa shape index (κ2) is 10.4. The molecule has 4 rings (SSSR count). The smallest absolute Gasteiger partial charge is 0.248 e.